The van der Waals surface area contributed by atoms with E-state index >= 15 is 0 Å². The molecule has 0 aromatic heterocycles. The minimum Gasteiger partial charge on any atom is -0.466 e. The zero-order valence-electron chi connectivity index (χ0n) is 86.0. The second-order valence-corrected chi connectivity index (χ2v) is 66.6. The van der Waals surface area contributed by atoms with E-state index in [4.69, 9.17) is 35.4 Å². The van der Waals surface area contributed by atoms with Crippen molar-refractivity contribution < 1.29 is 54.6 Å². The topological polar surface area (TPSA) is 142 Å². The fourth-order valence-corrected chi connectivity index (χ4v) is 48.1. The lowest BCUT2D eigenvalue weighted by molar-refractivity contribution is -0.167. The van der Waals surface area contributed by atoms with E-state index < -0.39 is 56.5 Å². The summed E-state index contributed by atoms with van der Waals surface area (Å²) in [6, 6.07) is 0. The molecule has 0 spiro atoms. The zero-order valence-corrected chi connectivity index (χ0v) is 92.0. The van der Waals surface area contributed by atoms with Gasteiger partial charge in [0.05, 0.1) is 6.61 Å². The molecule has 0 aliphatic rings. The van der Waals surface area contributed by atoms with Gasteiger partial charge < -0.3 is 35.4 Å². The molecule has 0 saturated carbocycles. The van der Waals surface area contributed by atoms with Crippen LogP contribution in [-0.2, 0) is 54.6 Å². The SMILES string of the molecule is CCCC/C=C\CCC(CCCCCCCCC(=O)OCC(COC(=O)CCCCCCCCCCCCCCCCC)OC(=O)CCCCCCC/C=C\CCCCCCCC)[Si](C)(C)O[Si](C)(C)O[Si](C)(C)C(CCCCCCCC)CCCCCCCCC(=O)OCCCC/C=C\CCC(CCCCCCCCC)[Si](C)(C)O[Si](C)(C)O[Si](C)(C)C. The molecule has 0 aliphatic carbocycles. The van der Waals surface area contributed by atoms with Crippen molar-refractivity contribution in [1.29, 1.82) is 0 Å². The third kappa shape index (κ3) is 78.9. The van der Waals surface area contributed by atoms with Gasteiger partial charge in [-0.3, -0.25) is 19.2 Å². The monoisotopic (exact) mass is 1850 g/mol. The lowest BCUT2D eigenvalue weighted by Crippen LogP contribution is -2.55. The van der Waals surface area contributed by atoms with E-state index in [2.05, 4.69) is 156 Å². The maximum atomic E-state index is 13.2. The van der Waals surface area contributed by atoms with E-state index in [1.165, 1.54) is 295 Å². The Hall–Kier alpha value is -1.76. The highest BCUT2D eigenvalue weighted by Crippen LogP contribution is 2.41. The van der Waals surface area contributed by atoms with Crippen LogP contribution in [0.5, 0.6) is 0 Å². The summed E-state index contributed by atoms with van der Waals surface area (Å²) in [5.74, 6) is -0.935. The number of carbonyl (C=O) groups excluding carboxylic acids is 4. The number of allylic oxidation sites excluding steroid dienone is 6. The van der Waals surface area contributed by atoms with Crippen LogP contribution >= 0.6 is 0 Å². The van der Waals surface area contributed by atoms with Crippen LogP contribution in [0.25, 0.3) is 0 Å². The second-order valence-electron chi connectivity index (χ2n) is 41.5. The summed E-state index contributed by atoms with van der Waals surface area (Å²) in [6.45, 7) is 42.8. The van der Waals surface area contributed by atoms with E-state index in [0.717, 1.165) is 135 Å². The summed E-state index contributed by atoms with van der Waals surface area (Å²) in [7, 11) is -12.7. The average Bonchev–Trinajstić information content (AvgIpc) is 0.825. The molecule has 0 aliphatic heterocycles. The maximum Gasteiger partial charge on any atom is 0.311 e. The van der Waals surface area contributed by atoms with Gasteiger partial charge in [-0.05, 0) is 204 Å². The molecule has 0 aromatic rings. The smallest absolute Gasteiger partial charge is 0.311 e. The van der Waals surface area contributed by atoms with Crippen molar-refractivity contribution in [1.82, 2.24) is 0 Å². The van der Waals surface area contributed by atoms with Gasteiger partial charge >= 0.3 is 41.0 Å². The minimum absolute atomic E-state index is 0.0327. The predicted octanol–water partition coefficient (Wildman–Crippen LogP) is 36.0. The Bertz CT molecular complexity index is 2530. The Labute approximate surface area is 778 Å². The van der Waals surface area contributed by atoms with Crippen LogP contribution in [0.2, 0.25) is 102 Å². The molecule has 0 N–H and O–H groups in total. The van der Waals surface area contributed by atoms with E-state index in [-0.39, 0.29) is 37.1 Å². The molecule has 4 atom stereocenters. The van der Waals surface area contributed by atoms with E-state index in [9.17, 15) is 19.2 Å². The Balaban J connectivity index is 5.43. The molecule has 4 unspecified atom stereocenters. The van der Waals surface area contributed by atoms with Gasteiger partial charge in [0.2, 0.25) is 0 Å². The Kier molecular flexibility index (Phi) is 80.8. The summed E-state index contributed by atoms with van der Waals surface area (Å²) in [4.78, 5) is 52.3. The predicted molar refractivity (Wildman–Crippen MR) is 553 cm³/mol. The number of carbonyl (C=O) groups is 4. The first-order chi connectivity index (χ1) is 59.5. The molecule has 0 bridgehead atoms. The zero-order chi connectivity index (χ0) is 91.8. The first-order valence-electron chi connectivity index (χ1n) is 53.9. The van der Waals surface area contributed by atoms with Gasteiger partial charge in [-0.25, -0.2) is 0 Å². The molecule has 18 heteroatoms. The number of rotatable bonds is 94. The molecule has 0 saturated heterocycles. The van der Waals surface area contributed by atoms with Crippen molar-refractivity contribution in [2.24, 2.45) is 0 Å². The molecule has 0 heterocycles. The second kappa shape index (κ2) is 82.0. The molecule has 12 nitrogen and oxygen atoms in total. The largest absolute Gasteiger partial charge is 0.466 e. The molecule has 124 heavy (non-hydrogen) atoms. The third-order valence-corrected chi connectivity index (χ3v) is 50.0. The first kappa shape index (κ1) is 122. The van der Waals surface area contributed by atoms with Crippen LogP contribution in [-0.4, -0.2) is 100 Å². The number of ether oxygens (including phenoxy) is 4. The van der Waals surface area contributed by atoms with Crippen LogP contribution in [0.3, 0.4) is 0 Å². The van der Waals surface area contributed by atoms with Crippen molar-refractivity contribution in [2.45, 2.75) is 598 Å². The highest BCUT2D eigenvalue weighted by molar-refractivity contribution is 6.89. The third-order valence-electron chi connectivity index (χ3n) is 25.7. The average molecular weight is 1850 g/mol. The van der Waals surface area contributed by atoms with Gasteiger partial charge in [0.15, 0.2) is 39.4 Å². The van der Waals surface area contributed by atoms with Gasteiger partial charge in [0.1, 0.15) is 13.2 Å². The summed E-state index contributed by atoms with van der Waals surface area (Å²) >= 11 is 0. The van der Waals surface area contributed by atoms with Crippen LogP contribution in [0.4, 0.5) is 0 Å². The molecular formula is C106H212O12Si6. The van der Waals surface area contributed by atoms with Gasteiger partial charge in [-0.2, -0.15) is 0 Å². The molecule has 0 aromatic carbocycles. The van der Waals surface area contributed by atoms with Crippen LogP contribution < -0.4 is 0 Å². The summed E-state index contributed by atoms with van der Waals surface area (Å²) < 4.78 is 52.0. The normalized spacial score (nSPS) is 13.7. The standard InChI is InChI=1S/C106H212O12Si6/c1-19-24-29-34-39-41-43-45-47-49-51-53-56-70-82-93-104(108)112-97-99(114-106(110)95-84-73-57-54-52-50-48-46-44-42-40-35-30-25-20-2)98-113-105(109)94-83-72-61-59-68-79-91-102(87-76-65-38-33-28-23-5)122(13,14)118-124(17,18)117-121(11,12)101(86-75-64-37-32-27-22-4)90-78-67-58-60-71-81-92-103(107)111-96-85-74-63-62-69-80-89-100(88-77-66-55-36-31-26-21-3)120(9,10)116-123(15,16)115-119(6,7)8/h38,46,48,62,65,69,99-102H,19-37,39-45,47,49-61,63-64,66-68,70-98H2,1-18H3/b48-46-,65-38-,69-62-. The molecular weight excluding hydrogens is 1630 g/mol. The fourth-order valence-electron chi connectivity index (χ4n) is 18.6. The van der Waals surface area contributed by atoms with Gasteiger partial charge in [-0.15, -0.1) is 0 Å². The van der Waals surface area contributed by atoms with Crippen molar-refractivity contribution in [3.05, 3.63) is 36.5 Å². The van der Waals surface area contributed by atoms with Gasteiger partial charge in [-0.1, -0.05) is 399 Å². The quantitative estimate of drug-likeness (QED) is 0.0188. The Morgan fingerprint density at radius 3 is 0.750 bits per heavy atom. The molecule has 0 amide bonds. The lowest BCUT2D eigenvalue weighted by atomic mass is 10.0. The summed E-state index contributed by atoms with van der Waals surface area (Å²) in [6.07, 6.45) is 96.0. The minimum atomic E-state index is -2.52. The van der Waals surface area contributed by atoms with Gasteiger partial charge in [0, 0.05) is 25.7 Å². The fraction of sp³-hybridized carbons (Fsp3) is 0.906. The molecule has 732 valence electrons. The molecule has 0 radical (unpaired) electrons. The highest BCUT2D eigenvalue weighted by Gasteiger charge is 2.46. The van der Waals surface area contributed by atoms with Crippen molar-refractivity contribution in [2.75, 3.05) is 19.8 Å². The Morgan fingerprint density at radius 2 is 0.452 bits per heavy atom. The van der Waals surface area contributed by atoms with E-state index in [1.54, 1.807) is 0 Å². The Morgan fingerprint density at radius 1 is 0.226 bits per heavy atom. The van der Waals surface area contributed by atoms with Crippen molar-refractivity contribution in [3.8, 4) is 0 Å². The van der Waals surface area contributed by atoms with Crippen LogP contribution in [0, 0.1) is 0 Å². The molecule has 0 rings (SSSR count). The van der Waals surface area contributed by atoms with E-state index in [0.29, 0.717) is 48.9 Å². The summed E-state index contributed by atoms with van der Waals surface area (Å²) in [5.41, 5.74) is 1.78. The number of esters is 4. The van der Waals surface area contributed by atoms with Crippen LogP contribution in [0.1, 0.15) is 490 Å². The van der Waals surface area contributed by atoms with Crippen molar-refractivity contribution in [3.63, 3.8) is 0 Å². The summed E-state index contributed by atoms with van der Waals surface area (Å²) in [5, 5.41) is 0. The number of hydrogen-bond acceptors (Lipinski definition) is 12. The number of unbranched alkanes of at least 4 members (excludes halogenated alkanes) is 50. The first-order valence-corrected chi connectivity index (χ1v) is 71.9. The lowest BCUT2D eigenvalue weighted by Gasteiger charge is -2.44. The van der Waals surface area contributed by atoms with Crippen LogP contribution in [0.15, 0.2) is 36.5 Å². The highest BCUT2D eigenvalue weighted by atomic mass is 28.5. The van der Waals surface area contributed by atoms with Gasteiger partial charge in [0.25, 0.3) is 0 Å². The number of hydrogen-bond donors (Lipinski definition) is 0. The molecule has 0 fully saturated rings. The van der Waals surface area contributed by atoms with E-state index in [1.807, 2.05) is 0 Å². The maximum absolute atomic E-state index is 13.2. The van der Waals surface area contributed by atoms with Crippen molar-refractivity contribution >= 4 is 74.3 Å².